The summed E-state index contributed by atoms with van der Waals surface area (Å²) in [5.74, 6) is -0.197. The number of rotatable bonds is 0. The highest BCUT2D eigenvalue weighted by atomic mass is 127. The lowest BCUT2D eigenvalue weighted by molar-refractivity contribution is -0.445. The highest BCUT2D eigenvalue weighted by Crippen LogP contribution is 1.16. The number of hydrogen-bond acceptors (Lipinski definition) is 2. The van der Waals surface area contributed by atoms with Crippen LogP contribution in [0.25, 0.3) is 0 Å². The zero-order valence-corrected chi connectivity index (χ0v) is 5.64. The number of guanidine groups is 1. The maximum absolute atomic E-state index is 7.71. The number of quaternary nitrogens is 1. The van der Waals surface area contributed by atoms with Crippen LogP contribution in [-0.2, 0) is 0 Å². The Bertz CT molecular complexity index is 92.4. The molecule has 40 valence electrons. The molecular weight excluding hydrogens is 207 g/mol. The number of nitriles is 1. The molecule has 0 aromatic rings. The van der Waals surface area contributed by atoms with Crippen molar-refractivity contribution in [1.29, 1.82) is 10.7 Å². The van der Waals surface area contributed by atoms with Gasteiger partial charge in [0.05, 0.1) is 0 Å². The van der Waals surface area contributed by atoms with E-state index in [0.717, 1.165) is 5.32 Å². The molecule has 0 saturated carbocycles. The number of halogens is 1. The van der Waals surface area contributed by atoms with Crippen molar-refractivity contribution in [3.05, 3.63) is 0 Å². The summed E-state index contributed by atoms with van der Waals surface area (Å²) in [4.78, 5) is 0. The molecule has 0 aliphatic rings. The van der Waals surface area contributed by atoms with E-state index >= 15 is 0 Å². The minimum Gasteiger partial charge on any atom is -1.00 e. The Kier molecular flexibility index (Phi) is 7.92. The zero-order valence-electron chi connectivity index (χ0n) is 3.48. The fraction of sp³-hybridized carbons (Fsp3) is 0. The van der Waals surface area contributed by atoms with Gasteiger partial charge in [-0.25, -0.2) is 5.41 Å². The number of hydrogen-bond donors (Lipinski definition) is 3. The standard InChI is InChI=1S/C2H4N4.HI/c3-1-6-2(4)5;/h(H4,4,5,6);1H. The van der Waals surface area contributed by atoms with Gasteiger partial charge in [0, 0.05) is 0 Å². The fourth-order valence-electron chi connectivity index (χ4n) is 0.0695. The molecule has 0 aromatic carbocycles. The van der Waals surface area contributed by atoms with Gasteiger partial charge >= 0.3 is 12.2 Å². The van der Waals surface area contributed by atoms with Crippen molar-refractivity contribution in [2.24, 2.45) is 5.73 Å². The lowest BCUT2D eigenvalue weighted by Crippen LogP contribution is -3.00. The van der Waals surface area contributed by atoms with E-state index in [-0.39, 0.29) is 29.9 Å². The van der Waals surface area contributed by atoms with Crippen molar-refractivity contribution in [2.45, 2.75) is 0 Å². The van der Waals surface area contributed by atoms with Gasteiger partial charge in [0.15, 0.2) is 0 Å². The molecule has 0 atom stereocenters. The summed E-state index contributed by atoms with van der Waals surface area (Å²) in [5, 5.41) is 15.1. The molecule has 7 heavy (non-hydrogen) atoms. The molecular formula is C2H5IN4. The second kappa shape index (κ2) is 5.65. The fourth-order valence-corrected chi connectivity index (χ4v) is 0.0695. The number of nitrogens with two attached hydrogens (primary N) is 2. The van der Waals surface area contributed by atoms with E-state index in [1.165, 1.54) is 0 Å². The Morgan fingerprint density at radius 2 is 2.29 bits per heavy atom. The lowest BCUT2D eigenvalue weighted by atomic mass is 11.0. The van der Waals surface area contributed by atoms with E-state index in [9.17, 15) is 0 Å². The van der Waals surface area contributed by atoms with Crippen molar-refractivity contribution in [3.63, 3.8) is 0 Å². The molecule has 0 amide bonds. The van der Waals surface area contributed by atoms with Crippen molar-refractivity contribution in [2.75, 3.05) is 0 Å². The second-order valence-electron chi connectivity index (χ2n) is 0.729. The van der Waals surface area contributed by atoms with Gasteiger partial charge in [0.1, 0.15) is 0 Å². The summed E-state index contributed by atoms with van der Waals surface area (Å²) in [6.45, 7) is 0. The minimum absolute atomic E-state index is 0. The van der Waals surface area contributed by atoms with E-state index in [2.05, 4.69) is 0 Å². The average molecular weight is 212 g/mol. The molecule has 0 aromatic heterocycles. The predicted molar refractivity (Wildman–Crippen MR) is 19.5 cm³/mol. The monoisotopic (exact) mass is 212 g/mol. The van der Waals surface area contributed by atoms with Crippen LogP contribution in [0.1, 0.15) is 0 Å². The van der Waals surface area contributed by atoms with E-state index in [1.54, 1.807) is 6.19 Å². The maximum atomic E-state index is 7.71. The van der Waals surface area contributed by atoms with Crippen molar-refractivity contribution >= 4 is 5.96 Å². The molecule has 0 rings (SSSR count). The van der Waals surface area contributed by atoms with Crippen LogP contribution in [0.2, 0.25) is 0 Å². The third-order valence-corrected chi connectivity index (χ3v) is 0.220. The van der Waals surface area contributed by atoms with Gasteiger partial charge in [-0.2, -0.15) is 5.32 Å². The molecule has 0 aliphatic heterocycles. The van der Waals surface area contributed by atoms with Crippen LogP contribution in [0, 0.1) is 16.9 Å². The van der Waals surface area contributed by atoms with Crippen LogP contribution in [0.4, 0.5) is 0 Å². The summed E-state index contributed by atoms with van der Waals surface area (Å²) < 4.78 is 0. The van der Waals surface area contributed by atoms with Gasteiger partial charge in [0.25, 0.3) is 0 Å². The van der Waals surface area contributed by atoms with Gasteiger partial charge in [-0.05, 0) is 0 Å². The first-order valence-corrected chi connectivity index (χ1v) is 1.34. The Balaban J connectivity index is 0. The summed E-state index contributed by atoms with van der Waals surface area (Å²) in [7, 11) is 0. The SMILES string of the molecule is N#C[NH2+]C(=N)N.[I-]. The largest absolute Gasteiger partial charge is 1.00 e. The second-order valence-corrected chi connectivity index (χ2v) is 0.729. The first-order chi connectivity index (χ1) is 2.77. The molecule has 0 fully saturated rings. The molecule has 0 aliphatic carbocycles. The minimum atomic E-state index is -0.197. The van der Waals surface area contributed by atoms with Crippen LogP contribution in [0.15, 0.2) is 0 Å². The lowest BCUT2D eigenvalue weighted by Gasteiger charge is -1.73. The van der Waals surface area contributed by atoms with Gasteiger partial charge in [0.2, 0.25) is 0 Å². The highest BCUT2D eigenvalue weighted by Gasteiger charge is 1.82. The van der Waals surface area contributed by atoms with E-state index in [4.69, 9.17) is 16.4 Å². The quantitative estimate of drug-likeness (QED) is 0.162. The molecule has 0 unspecified atom stereocenters. The Labute approximate surface area is 58.2 Å². The van der Waals surface area contributed by atoms with Gasteiger partial charge in [-0.1, -0.05) is 0 Å². The van der Waals surface area contributed by atoms with Crippen molar-refractivity contribution < 1.29 is 29.3 Å². The Morgan fingerprint density at radius 3 is 2.29 bits per heavy atom. The Hall–Kier alpha value is -0.350. The third kappa shape index (κ3) is 10.7. The molecule has 0 heterocycles. The van der Waals surface area contributed by atoms with Crippen LogP contribution in [0.3, 0.4) is 0 Å². The molecule has 0 radical (unpaired) electrons. The maximum Gasteiger partial charge on any atom is 0.313 e. The highest BCUT2D eigenvalue weighted by molar-refractivity contribution is 5.63. The summed E-state index contributed by atoms with van der Waals surface area (Å²) >= 11 is 0. The summed E-state index contributed by atoms with van der Waals surface area (Å²) in [5.41, 5.74) is 4.71. The van der Waals surface area contributed by atoms with E-state index in [0.29, 0.717) is 0 Å². The molecule has 0 saturated heterocycles. The topological polar surface area (TPSA) is 90.3 Å². The molecule has 5 heteroatoms. The summed E-state index contributed by atoms with van der Waals surface area (Å²) in [6, 6.07) is 0. The van der Waals surface area contributed by atoms with Crippen molar-refractivity contribution in [3.8, 4) is 6.19 Å². The van der Waals surface area contributed by atoms with Gasteiger partial charge in [-0.15, -0.1) is 5.26 Å². The van der Waals surface area contributed by atoms with Gasteiger partial charge in [-0.3, -0.25) is 0 Å². The van der Waals surface area contributed by atoms with Crippen LogP contribution < -0.4 is 35.0 Å². The smallest absolute Gasteiger partial charge is 0.313 e. The van der Waals surface area contributed by atoms with Crippen LogP contribution in [0.5, 0.6) is 0 Å². The molecule has 0 bridgehead atoms. The van der Waals surface area contributed by atoms with Crippen molar-refractivity contribution in [1.82, 2.24) is 0 Å². The Morgan fingerprint density at radius 1 is 1.86 bits per heavy atom. The van der Waals surface area contributed by atoms with Crippen LogP contribution in [-0.4, -0.2) is 5.96 Å². The van der Waals surface area contributed by atoms with E-state index < -0.39 is 0 Å². The average Bonchev–Trinajstić information content (AvgIpc) is 1.35. The van der Waals surface area contributed by atoms with Gasteiger partial charge < -0.3 is 29.7 Å². The van der Waals surface area contributed by atoms with Crippen LogP contribution >= 0.6 is 0 Å². The summed E-state index contributed by atoms with van der Waals surface area (Å²) in [6.07, 6.45) is 1.59. The first-order valence-electron chi connectivity index (χ1n) is 1.34. The third-order valence-electron chi connectivity index (χ3n) is 0.220. The molecule has 5 N–H and O–H groups in total. The normalized spacial score (nSPS) is 5.57. The first kappa shape index (κ1) is 9.82. The molecule has 0 spiro atoms. The number of nitrogens with one attached hydrogen (secondary N) is 1. The predicted octanol–water partition coefficient (Wildman–Crippen LogP) is -5.07. The van der Waals surface area contributed by atoms with E-state index in [1.807, 2.05) is 0 Å². The molecule has 4 nitrogen and oxygen atoms in total. The zero-order chi connectivity index (χ0) is 4.99. The number of nitrogens with zero attached hydrogens (tertiary/aromatic N) is 1.